The Balaban J connectivity index is 1.41. The number of rotatable bonds is 8. The lowest BCUT2D eigenvalue weighted by atomic mass is 10.2. The Morgan fingerprint density at radius 2 is 1.81 bits per heavy atom. The Hall–Kier alpha value is -3.06. The van der Waals surface area contributed by atoms with E-state index < -0.39 is 0 Å². The first kappa shape index (κ1) is 22.6. The van der Waals surface area contributed by atoms with Gasteiger partial charge < -0.3 is 20.6 Å². The van der Waals surface area contributed by atoms with Crippen LogP contribution in [0.5, 0.6) is 5.75 Å². The first-order valence-electron chi connectivity index (χ1n) is 11.0. The fourth-order valence-electron chi connectivity index (χ4n) is 3.60. The van der Waals surface area contributed by atoms with Gasteiger partial charge in [-0.05, 0) is 37.1 Å². The van der Waals surface area contributed by atoms with E-state index in [0.29, 0.717) is 18.7 Å². The molecule has 31 heavy (non-hydrogen) atoms. The minimum atomic E-state index is -0.179. The number of carbonyl (C=O) groups excluding carboxylic acids is 1. The normalized spacial score (nSPS) is 15.0. The zero-order valence-corrected chi connectivity index (χ0v) is 18.3. The molecule has 7 heteroatoms. The second-order valence-corrected chi connectivity index (χ2v) is 7.64. The minimum Gasteiger partial charge on any atom is -0.508 e. The van der Waals surface area contributed by atoms with Crippen molar-refractivity contribution in [3.8, 4) is 5.75 Å². The van der Waals surface area contributed by atoms with Crippen molar-refractivity contribution < 1.29 is 9.90 Å². The molecule has 2 aromatic carbocycles. The molecule has 0 spiro atoms. The second-order valence-electron chi connectivity index (χ2n) is 7.64. The van der Waals surface area contributed by atoms with Crippen LogP contribution in [-0.4, -0.2) is 72.6 Å². The number of guanidine groups is 1. The van der Waals surface area contributed by atoms with Gasteiger partial charge in [-0.15, -0.1) is 0 Å². The monoisotopic (exact) mass is 423 g/mol. The standard InChI is InChI=1S/C24H33N5O2/c1-2-25-24(27-13-7-12-26-23(31)21-10-6-11-22(30)18-21)29-16-14-28(15-17-29)19-20-8-4-3-5-9-20/h3-6,8-11,18,30H,2,7,12-17,19H2,1H3,(H,25,27)(H,26,31). The molecule has 1 heterocycles. The molecule has 0 atom stereocenters. The SMILES string of the molecule is CCNC(=NCCCNC(=O)c1cccc(O)c1)N1CCN(Cc2ccccc2)CC1. The summed E-state index contributed by atoms with van der Waals surface area (Å²) in [5.74, 6) is 0.860. The molecule has 1 aliphatic heterocycles. The first-order chi connectivity index (χ1) is 15.2. The number of phenols is 1. The molecule has 7 nitrogen and oxygen atoms in total. The van der Waals surface area contributed by atoms with Gasteiger partial charge in [0, 0.05) is 57.9 Å². The Bertz CT molecular complexity index is 848. The summed E-state index contributed by atoms with van der Waals surface area (Å²) in [5.41, 5.74) is 1.81. The van der Waals surface area contributed by atoms with Crippen molar-refractivity contribution in [2.24, 2.45) is 4.99 Å². The van der Waals surface area contributed by atoms with Gasteiger partial charge in [0.1, 0.15) is 5.75 Å². The zero-order valence-electron chi connectivity index (χ0n) is 18.3. The van der Waals surface area contributed by atoms with Crippen LogP contribution in [0.25, 0.3) is 0 Å². The number of phenolic OH excluding ortho intramolecular Hbond substituents is 1. The molecule has 0 bridgehead atoms. The minimum absolute atomic E-state index is 0.0939. The second kappa shape index (κ2) is 12.0. The lowest BCUT2D eigenvalue weighted by molar-refractivity contribution is 0.0953. The van der Waals surface area contributed by atoms with Crippen LogP contribution in [-0.2, 0) is 6.54 Å². The van der Waals surface area contributed by atoms with Gasteiger partial charge >= 0.3 is 0 Å². The first-order valence-corrected chi connectivity index (χ1v) is 11.0. The molecule has 2 aromatic rings. The van der Waals surface area contributed by atoms with Crippen molar-refractivity contribution in [3.63, 3.8) is 0 Å². The van der Waals surface area contributed by atoms with Crippen LogP contribution < -0.4 is 10.6 Å². The molecule has 166 valence electrons. The summed E-state index contributed by atoms with van der Waals surface area (Å²) >= 11 is 0. The number of hydrogen-bond donors (Lipinski definition) is 3. The summed E-state index contributed by atoms with van der Waals surface area (Å²) in [6.07, 6.45) is 0.757. The third kappa shape index (κ3) is 7.29. The van der Waals surface area contributed by atoms with E-state index >= 15 is 0 Å². The van der Waals surface area contributed by atoms with E-state index in [2.05, 4.69) is 57.7 Å². The van der Waals surface area contributed by atoms with Gasteiger partial charge in [0.05, 0.1) is 0 Å². The third-order valence-corrected chi connectivity index (χ3v) is 5.25. The smallest absolute Gasteiger partial charge is 0.251 e. The number of benzene rings is 2. The molecular formula is C24H33N5O2. The summed E-state index contributed by atoms with van der Waals surface area (Å²) in [7, 11) is 0. The summed E-state index contributed by atoms with van der Waals surface area (Å²) < 4.78 is 0. The van der Waals surface area contributed by atoms with Crippen LogP contribution in [0.15, 0.2) is 59.6 Å². The number of nitrogens with zero attached hydrogens (tertiary/aromatic N) is 3. The van der Waals surface area contributed by atoms with Gasteiger partial charge in [-0.25, -0.2) is 0 Å². The maximum Gasteiger partial charge on any atom is 0.251 e. The highest BCUT2D eigenvalue weighted by Gasteiger charge is 2.19. The molecule has 0 radical (unpaired) electrons. The van der Waals surface area contributed by atoms with Crippen LogP contribution in [0.4, 0.5) is 0 Å². The lowest BCUT2D eigenvalue weighted by Crippen LogP contribution is -2.52. The third-order valence-electron chi connectivity index (χ3n) is 5.25. The molecule has 1 fully saturated rings. The highest BCUT2D eigenvalue weighted by molar-refractivity contribution is 5.94. The average Bonchev–Trinajstić information content (AvgIpc) is 2.79. The molecule has 0 saturated carbocycles. The Labute approximate surface area is 184 Å². The molecule has 1 saturated heterocycles. The largest absolute Gasteiger partial charge is 0.508 e. The van der Waals surface area contributed by atoms with Gasteiger partial charge in [-0.2, -0.15) is 0 Å². The van der Waals surface area contributed by atoms with Gasteiger partial charge in [-0.3, -0.25) is 14.7 Å². The molecule has 3 rings (SSSR count). The van der Waals surface area contributed by atoms with E-state index in [0.717, 1.165) is 51.6 Å². The fraction of sp³-hybridized carbons (Fsp3) is 0.417. The number of aromatic hydroxyl groups is 1. The predicted molar refractivity (Wildman–Crippen MR) is 124 cm³/mol. The van der Waals surface area contributed by atoms with Gasteiger partial charge in [0.15, 0.2) is 5.96 Å². The van der Waals surface area contributed by atoms with Crippen LogP contribution in [0.2, 0.25) is 0 Å². The summed E-state index contributed by atoms with van der Waals surface area (Å²) in [4.78, 5) is 21.7. The number of hydrogen-bond acceptors (Lipinski definition) is 4. The Morgan fingerprint density at radius 3 is 2.52 bits per heavy atom. The molecule has 1 aliphatic rings. The van der Waals surface area contributed by atoms with Crippen molar-refractivity contribution in [3.05, 3.63) is 65.7 Å². The van der Waals surface area contributed by atoms with E-state index in [-0.39, 0.29) is 11.7 Å². The van der Waals surface area contributed by atoms with Crippen molar-refractivity contribution in [1.29, 1.82) is 0 Å². The van der Waals surface area contributed by atoms with Crippen LogP contribution in [0, 0.1) is 0 Å². The van der Waals surface area contributed by atoms with E-state index in [9.17, 15) is 9.90 Å². The van der Waals surface area contributed by atoms with Crippen LogP contribution in [0.1, 0.15) is 29.3 Å². The highest BCUT2D eigenvalue weighted by Crippen LogP contribution is 2.11. The zero-order chi connectivity index (χ0) is 21.9. The molecule has 0 aliphatic carbocycles. The molecule has 3 N–H and O–H groups in total. The summed E-state index contributed by atoms with van der Waals surface area (Å²) in [6.45, 7) is 9.02. The van der Waals surface area contributed by atoms with Crippen molar-refractivity contribution in [2.75, 3.05) is 45.8 Å². The Morgan fingerprint density at radius 1 is 1.03 bits per heavy atom. The van der Waals surface area contributed by atoms with Gasteiger partial charge in [0.2, 0.25) is 0 Å². The quantitative estimate of drug-likeness (QED) is 0.345. The van der Waals surface area contributed by atoms with E-state index in [1.165, 1.54) is 11.6 Å². The van der Waals surface area contributed by atoms with Crippen LogP contribution in [0.3, 0.4) is 0 Å². The van der Waals surface area contributed by atoms with Crippen LogP contribution >= 0.6 is 0 Å². The lowest BCUT2D eigenvalue weighted by Gasteiger charge is -2.36. The molecule has 1 amide bonds. The van der Waals surface area contributed by atoms with E-state index in [1.54, 1.807) is 18.2 Å². The number of carbonyl (C=O) groups is 1. The summed E-state index contributed by atoms with van der Waals surface area (Å²) in [6, 6.07) is 17.0. The number of piperazine rings is 1. The molecular weight excluding hydrogens is 390 g/mol. The average molecular weight is 424 g/mol. The molecule has 0 unspecified atom stereocenters. The Kier molecular flexibility index (Phi) is 8.72. The topological polar surface area (TPSA) is 80.2 Å². The van der Waals surface area contributed by atoms with Crippen molar-refractivity contribution >= 4 is 11.9 Å². The van der Waals surface area contributed by atoms with Gasteiger partial charge in [0.25, 0.3) is 5.91 Å². The van der Waals surface area contributed by atoms with Crippen molar-refractivity contribution in [1.82, 2.24) is 20.4 Å². The number of amides is 1. The highest BCUT2D eigenvalue weighted by atomic mass is 16.3. The van der Waals surface area contributed by atoms with E-state index in [4.69, 9.17) is 4.99 Å². The maximum absolute atomic E-state index is 12.1. The van der Waals surface area contributed by atoms with Gasteiger partial charge in [-0.1, -0.05) is 36.4 Å². The number of nitrogens with one attached hydrogen (secondary N) is 2. The number of aliphatic imine (C=N–C) groups is 1. The maximum atomic E-state index is 12.1. The predicted octanol–water partition coefficient (Wildman–Crippen LogP) is 2.30. The van der Waals surface area contributed by atoms with E-state index in [1.807, 2.05) is 0 Å². The fourth-order valence-corrected chi connectivity index (χ4v) is 3.60. The molecule has 0 aromatic heterocycles. The summed E-state index contributed by atoms with van der Waals surface area (Å²) in [5, 5.41) is 15.8. The van der Waals surface area contributed by atoms with Crippen molar-refractivity contribution in [2.45, 2.75) is 19.9 Å².